The van der Waals surface area contributed by atoms with E-state index in [1.54, 1.807) is 0 Å². The number of hydrogen-bond donors (Lipinski definition) is 1. The van der Waals surface area contributed by atoms with Crippen LogP contribution in [-0.4, -0.2) is 31.1 Å². The van der Waals surface area contributed by atoms with E-state index >= 15 is 0 Å². The monoisotopic (exact) mass is 214 g/mol. The lowest BCUT2D eigenvalue weighted by atomic mass is 9.99. The minimum Gasteiger partial charge on any atom is -0.328 e. The lowest BCUT2D eigenvalue weighted by Crippen LogP contribution is -2.30. The minimum atomic E-state index is 0.336. The van der Waals surface area contributed by atoms with Gasteiger partial charge in [-0.1, -0.05) is 33.1 Å². The molecular weight excluding hydrogens is 184 g/mol. The van der Waals surface area contributed by atoms with E-state index in [0.717, 1.165) is 18.9 Å². The molecule has 0 aromatic carbocycles. The molecule has 0 aromatic rings. The fourth-order valence-corrected chi connectivity index (χ4v) is 1.87. The van der Waals surface area contributed by atoms with E-state index in [-0.39, 0.29) is 0 Å². The van der Waals surface area contributed by atoms with Crippen LogP contribution in [0.3, 0.4) is 0 Å². The first-order valence-electron chi connectivity index (χ1n) is 6.54. The van der Waals surface area contributed by atoms with E-state index < -0.39 is 0 Å². The lowest BCUT2D eigenvalue weighted by Gasteiger charge is -2.23. The average Bonchev–Trinajstić information content (AvgIpc) is 2.21. The summed E-state index contributed by atoms with van der Waals surface area (Å²) in [6.45, 7) is 9.04. The van der Waals surface area contributed by atoms with Crippen molar-refractivity contribution in [1.29, 1.82) is 0 Å². The lowest BCUT2D eigenvalue weighted by molar-refractivity contribution is 0.253. The minimum absolute atomic E-state index is 0.336. The summed E-state index contributed by atoms with van der Waals surface area (Å²) in [5, 5.41) is 0. The highest BCUT2D eigenvalue weighted by Gasteiger charge is 2.09. The Morgan fingerprint density at radius 3 is 2.33 bits per heavy atom. The molecule has 0 rings (SSSR count). The molecule has 0 amide bonds. The molecule has 0 heterocycles. The van der Waals surface area contributed by atoms with E-state index in [1.165, 1.54) is 32.2 Å². The molecule has 0 spiro atoms. The first kappa shape index (κ1) is 14.9. The third kappa shape index (κ3) is 8.88. The Kier molecular flexibility index (Phi) is 9.12. The summed E-state index contributed by atoms with van der Waals surface area (Å²) in [4.78, 5) is 2.44. The van der Waals surface area contributed by atoms with E-state index in [1.807, 2.05) is 0 Å². The Morgan fingerprint density at radius 2 is 1.87 bits per heavy atom. The van der Waals surface area contributed by atoms with Crippen LogP contribution in [0.5, 0.6) is 0 Å². The molecule has 0 radical (unpaired) electrons. The first-order valence-corrected chi connectivity index (χ1v) is 6.54. The molecule has 0 aliphatic carbocycles. The second-order valence-electron chi connectivity index (χ2n) is 4.94. The molecule has 2 atom stereocenters. The molecule has 2 N–H and O–H groups in total. The molecular formula is C13H30N2. The van der Waals surface area contributed by atoms with Crippen LogP contribution >= 0.6 is 0 Å². The number of rotatable bonds is 9. The predicted molar refractivity (Wildman–Crippen MR) is 69.1 cm³/mol. The van der Waals surface area contributed by atoms with Gasteiger partial charge in [-0.25, -0.2) is 0 Å². The molecule has 0 aromatic heterocycles. The van der Waals surface area contributed by atoms with Gasteiger partial charge in [0, 0.05) is 12.6 Å². The number of unbranched alkanes of at least 4 members (excludes halogenated alkanes) is 1. The van der Waals surface area contributed by atoms with E-state index in [2.05, 4.69) is 32.7 Å². The highest BCUT2D eigenvalue weighted by atomic mass is 15.1. The van der Waals surface area contributed by atoms with Gasteiger partial charge in [0.25, 0.3) is 0 Å². The van der Waals surface area contributed by atoms with Gasteiger partial charge in [0.2, 0.25) is 0 Å². The van der Waals surface area contributed by atoms with Crippen molar-refractivity contribution in [1.82, 2.24) is 4.90 Å². The smallest absolute Gasteiger partial charge is 0.00226 e. The summed E-state index contributed by atoms with van der Waals surface area (Å²) >= 11 is 0. The molecule has 0 aliphatic heterocycles. The Labute approximate surface area is 96.2 Å². The van der Waals surface area contributed by atoms with E-state index in [9.17, 15) is 0 Å². The quantitative estimate of drug-likeness (QED) is 0.639. The van der Waals surface area contributed by atoms with Gasteiger partial charge in [-0.05, 0) is 39.3 Å². The van der Waals surface area contributed by atoms with Crippen LogP contribution < -0.4 is 5.73 Å². The van der Waals surface area contributed by atoms with Crippen LogP contribution in [0.25, 0.3) is 0 Å². The number of nitrogens with zero attached hydrogens (tertiary/aromatic N) is 1. The zero-order valence-electron chi connectivity index (χ0n) is 11.1. The van der Waals surface area contributed by atoms with Crippen molar-refractivity contribution >= 4 is 0 Å². The molecule has 2 unspecified atom stereocenters. The van der Waals surface area contributed by atoms with Gasteiger partial charge in [0.15, 0.2) is 0 Å². The SMILES string of the molecule is CCCCC(CC)CN(C)CCC(C)N. The highest BCUT2D eigenvalue weighted by molar-refractivity contribution is 4.64. The third-order valence-corrected chi connectivity index (χ3v) is 3.08. The number of hydrogen-bond acceptors (Lipinski definition) is 2. The van der Waals surface area contributed by atoms with Crippen LogP contribution in [0, 0.1) is 5.92 Å². The second kappa shape index (κ2) is 9.17. The Morgan fingerprint density at radius 1 is 1.20 bits per heavy atom. The van der Waals surface area contributed by atoms with Crippen molar-refractivity contribution in [3.8, 4) is 0 Å². The van der Waals surface area contributed by atoms with Gasteiger partial charge in [0.1, 0.15) is 0 Å². The fraction of sp³-hybridized carbons (Fsp3) is 1.00. The molecule has 2 heteroatoms. The van der Waals surface area contributed by atoms with Gasteiger partial charge in [-0.2, -0.15) is 0 Å². The maximum Gasteiger partial charge on any atom is 0.00226 e. The molecule has 15 heavy (non-hydrogen) atoms. The van der Waals surface area contributed by atoms with Crippen LogP contribution in [-0.2, 0) is 0 Å². The second-order valence-corrected chi connectivity index (χ2v) is 4.94. The summed E-state index contributed by atoms with van der Waals surface area (Å²) in [5.74, 6) is 0.878. The Bertz CT molecular complexity index is 134. The van der Waals surface area contributed by atoms with Gasteiger partial charge in [-0.15, -0.1) is 0 Å². The van der Waals surface area contributed by atoms with Crippen molar-refractivity contribution in [2.45, 2.75) is 58.9 Å². The van der Waals surface area contributed by atoms with Crippen LogP contribution in [0.1, 0.15) is 52.9 Å². The Balaban J connectivity index is 3.64. The molecule has 92 valence electrons. The number of nitrogens with two attached hydrogens (primary N) is 1. The fourth-order valence-electron chi connectivity index (χ4n) is 1.87. The van der Waals surface area contributed by atoms with Gasteiger partial charge in [-0.3, -0.25) is 0 Å². The van der Waals surface area contributed by atoms with Gasteiger partial charge < -0.3 is 10.6 Å². The van der Waals surface area contributed by atoms with E-state index in [4.69, 9.17) is 5.73 Å². The van der Waals surface area contributed by atoms with Gasteiger partial charge >= 0.3 is 0 Å². The van der Waals surface area contributed by atoms with Crippen molar-refractivity contribution in [3.63, 3.8) is 0 Å². The van der Waals surface area contributed by atoms with Crippen molar-refractivity contribution < 1.29 is 0 Å². The Hall–Kier alpha value is -0.0800. The van der Waals surface area contributed by atoms with Gasteiger partial charge in [0.05, 0.1) is 0 Å². The third-order valence-electron chi connectivity index (χ3n) is 3.08. The molecule has 0 bridgehead atoms. The van der Waals surface area contributed by atoms with Crippen LogP contribution in [0.15, 0.2) is 0 Å². The summed E-state index contributed by atoms with van der Waals surface area (Å²) in [6, 6.07) is 0.336. The highest BCUT2D eigenvalue weighted by Crippen LogP contribution is 2.13. The molecule has 0 saturated heterocycles. The van der Waals surface area contributed by atoms with E-state index in [0.29, 0.717) is 6.04 Å². The zero-order valence-corrected chi connectivity index (χ0v) is 11.1. The predicted octanol–water partition coefficient (Wildman–Crippen LogP) is 2.87. The molecule has 0 saturated carbocycles. The van der Waals surface area contributed by atoms with Crippen molar-refractivity contribution in [2.24, 2.45) is 11.7 Å². The average molecular weight is 214 g/mol. The summed E-state index contributed by atoms with van der Waals surface area (Å²) in [6.07, 6.45) is 6.50. The standard InChI is InChI=1S/C13H30N2/c1-5-7-8-13(6-2)11-15(4)10-9-12(3)14/h12-13H,5-11,14H2,1-4H3. The largest absolute Gasteiger partial charge is 0.328 e. The van der Waals surface area contributed by atoms with Crippen LogP contribution in [0.4, 0.5) is 0 Å². The molecule has 0 fully saturated rings. The topological polar surface area (TPSA) is 29.3 Å². The summed E-state index contributed by atoms with van der Waals surface area (Å²) in [7, 11) is 2.22. The summed E-state index contributed by atoms with van der Waals surface area (Å²) < 4.78 is 0. The van der Waals surface area contributed by atoms with Crippen molar-refractivity contribution in [3.05, 3.63) is 0 Å². The first-order chi connectivity index (χ1) is 7.10. The summed E-state index contributed by atoms with van der Waals surface area (Å²) in [5.41, 5.74) is 5.76. The van der Waals surface area contributed by atoms with Crippen molar-refractivity contribution in [2.75, 3.05) is 20.1 Å². The molecule has 0 aliphatic rings. The zero-order chi connectivity index (χ0) is 11.7. The maximum atomic E-state index is 5.76. The van der Waals surface area contributed by atoms with Crippen LogP contribution in [0.2, 0.25) is 0 Å². The maximum absolute atomic E-state index is 5.76. The molecule has 2 nitrogen and oxygen atoms in total. The normalized spacial score (nSPS) is 15.6.